The van der Waals surface area contributed by atoms with Crippen molar-refractivity contribution in [2.45, 2.75) is 11.8 Å². The predicted octanol–water partition coefficient (Wildman–Crippen LogP) is 3.90. The number of rotatable bonds is 3. The van der Waals surface area contributed by atoms with Gasteiger partial charge in [-0.15, -0.1) is 0 Å². The van der Waals surface area contributed by atoms with Gasteiger partial charge in [-0.1, -0.05) is 66.7 Å². The number of hydrogen-bond donors (Lipinski definition) is 1. The molecule has 0 aliphatic carbocycles. The molecule has 0 aromatic heterocycles. The van der Waals surface area contributed by atoms with E-state index in [1.807, 2.05) is 66.7 Å². The highest BCUT2D eigenvalue weighted by Gasteiger charge is 2.51. The number of carbonyl (C=O) groups is 1. The number of fused-ring (bicyclic) bond motifs is 1. The highest BCUT2D eigenvalue weighted by Crippen LogP contribution is 2.49. The van der Waals surface area contributed by atoms with E-state index in [1.165, 1.54) is 0 Å². The number of hydrogen-bond acceptors (Lipinski definition) is 2. The predicted molar refractivity (Wildman–Crippen MR) is 98.9 cm³/mol. The molecule has 1 N–H and O–H groups in total. The summed E-state index contributed by atoms with van der Waals surface area (Å²) >= 11 is 0. The van der Waals surface area contributed by atoms with Crippen molar-refractivity contribution in [1.29, 1.82) is 0 Å². The van der Waals surface area contributed by atoms with Crippen LogP contribution in [-0.4, -0.2) is 18.1 Å². The van der Waals surface area contributed by atoms with Gasteiger partial charge >= 0.3 is 0 Å². The standard InChI is InChI=1S/C22H19NO2/c1-23-19-13-7-5-11-17(19)22(21(23)25,15-16-9-3-2-4-10-16)18-12-6-8-14-20(18)24/h2-14,24H,15H2,1H3. The Morgan fingerprint density at radius 3 is 2.16 bits per heavy atom. The van der Waals surface area contributed by atoms with Gasteiger partial charge in [-0.25, -0.2) is 0 Å². The molecule has 25 heavy (non-hydrogen) atoms. The van der Waals surface area contributed by atoms with E-state index in [-0.39, 0.29) is 11.7 Å². The minimum Gasteiger partial charge on any atom is -0.508 e. The fourth-order valence-electron chi connectivity index (χ4n) is 3.90. The zero-order valence-electron chi connectivity index (χ0n) is 14.0. The first-order chi connectivity index (χ1) is 12.1. The second kappa shape index (κ2) is 5.78. The van der Waals surface area contributed by atoms with Gasteiger partial charge in [0.1, 0.15) is 11.2 Å². The first-order valence-corrected chi connectivity index (χ1v) is 8.34. The zero-order valence-corrected chi connectivity index (χ0v) is 14.0. The van der Waals surface area contributed by atoms with E-state index in [0.717, 1.165) is 16.8 Å². The van der Waals surface area contributed by atoms with Gasteiger partial charge in [0.25, 0.3) is 0 Å². The summed E-state index contributed by atoms with van der Waals surface area (Å²) in [6, 6.07) is 25.0. The second-order valence-electron chi connectivity index (χ2n) is 6.47. The van der Waals surface area contributed by atoms with Crippen LogP contribution < -0.4 is 4.90 Å². The summed E-state index contributed by atoms with van der Waals surface area (Å²) in [5.41, 5.74) is 2.63. The Kier molecular flexibility index (Phi) is 3.57. The third kappa shape index (κ3) is 2.23. The van der Waals surface area contributed by atoms with Crippen LogP contribution in [0, 0.1) is 0 Å². The number of anilines is 1. The average molecular weight is 329 g/mol. The molecule has 0 bridgehead atoms. The van der Waals surface area contributed by atoms with Crippen LogP contribution in [0.25, 0.3) is 0 Å². The Morgan fingerprint density at radius 2 is 1.44 bits per heavy atom. The normalized spacial score (nSPS) is 19.1. The molecule has 3 heteroatoms. The van der Waals surface area contributed by atoms with Gasteiger partial charge in [0, 0.05) is 18.3 Å². The molecule has 0 saturated carbocycles. The van der Waals surface area contributed by atoms with E-state index in [2.05, 4.69) is 0 Å². The van der Waals surface area contributed by atoms with Gasteiger partial charge in [-0.3, -0.25) is 4.79 Å². The number of carbonyl (C=O) groups excluding carboxylic acids is 1. The molecule has 1 aliphatic rings. The maximum Gasteiger partial charge on any atom is 0.242 e. The Labute approximate surface area is 147 Å². The van der Waals surface area contributed by atoms with Gasteiger partial charge in [0.05, 0.1) is 0 Å². The molecule has 0 radical (unpaired) electrons. The molecule has 3 nitrogen and oxygen atoms in total. The molecule has 1 unspecified atom stereocenters. The van der Waals surface area contributed by atoms with Crippen molar-refractivity contribution in [3.63, 3.8) is 0 Å². The fourth-order valence-corrected chi connectivity index (χ4v) is 3.90. The first kappa shape index (κ1) is 15.5. The Balaban J connectivity index is 2.01. The molecule has 1 atom stereocenters. The first-order valence-electron chi connectivity index (χ1n) is 8.34. The fraction of sp³-hybridized carbons (Fsp3) is 0.136. The summed E-state index contributed by atoms with van der Waals surface area (Å²) in [4.78, 5) is 15.2. The van der Waals surface area contributed by atoms with Crippen LogP contribution in [0.3, 0.4) is 0 Å². The molecule has 3 aromatic carbocycles. The molecule has 0 fully saturated rings. The summed E-state index contributed by atoms with van der Waals surface area (Å²) in [5.74, 6) is 0.135. The lowest BCUT2D eigenvalue weighted by Crippen LogP contribution is -2.41. The smallest absolute Gasteiger partial charge is 0.242 e. The topological polar surface area (TPSA) is 40.5 Å². The SMILES string of the molecule is CN1C(=O)C(Cc2ccccc2)(c2ccccc2O)c2ccccc21. The van der Waals surface area contributed by atoms with Crippen molar-refractivity contribution in [2.75, 3.05) is 11.9 Å². The van der Waals surface area contributed by atoms with Gasteiger partial charge < -0.3 is 10.0 Å². The summed E-state index contributed by atoms with van der Waals surface area (Å²) in [5, 5.41) is 10.6. The number of aromatic hydroxyl groups is 1. The van der Waals surface area contributed by atoms with E-state index in [0.29, 0.717) is 12.0 Å². The number of benzene rings is 3. The van der Waals surface area contributed by atoms with Crippen molar-refractivity contribution >= 4 is 11.6 Å². The van der Waals surface area contributed by atoms with Crippen molar-refractivity contribution in [3.8, 4) is 5.75 Å². The van der Waals surface area contributed by atoms with E-state index >= 15 is 0 Å². The van der Waals surface area contributed by atoms with Crippen molar-refractivity contribution < 1.29 is 9.90 Å². The van der Waals surface area contributed by atoms with Crippen LogP contribution in [0.15, 0.2) is 78.9 Å². The molecule has 1 heterocycles. The highest BCUT2D eigenvalue weighted by atomic mass is 16.3. The number of likely N-dealkylation sites (N-methyl/N-ethyl adjacent to an activating group) is 1. The van der Waals surface area contributed by atoms with Crippen molar-refractivity contribution in [2.24, 2.45) is 0 Å². The van der Waals surface area contributed by atoms with Crippen LogP contribution in [0.2, 0.25) is 0 Å². The third-order valence-electron chi connectivity index (χ3n) is 5.07. The Bertz CT molecular complexity index is 936. The molecule has 1 aliphatic heterocycles. The number of para-hydroxylation sites is 2. The van der Waals surface area contributed by atoms with Crippen LogP contribution >= 0.6 is 0 Å². The molecule has 3 aromatic rings. The van der Waals surface area contributed by atoms with Crippen LogP contribution in [0.5, 0.6) is 5.75 Å². The minimum absolute atomic E-state index is 0.0148. The Morgan fingerprint density at radius 1 is 0.840 bits per heavy atom. The lowest BCUT2D eigenvalue weighted by molar-refractivity contribution is -0.121. The molecule has 0 spiro atoms. The molecule has 1 amide bonds. The minimum atomic E-state index is -0.919. The van der Waals surface area contributed by atoms with E-state index in [9.17, 15) is 9.90 Å². The molecular formula is C22H19NO2. The van der Waals surface area contributed by atoms with E-state index in [1.54, 1.807) is 24.1 Å². The van der Waals surface area contributed by atoms with Gasteiger partial charge in [-0.2, -0.15) is 0 Å². The quantitative estimate of drug-likeness (QED) is 0.792. The number of phenolic OH excluding ortho intramolecular Hbond substituents is 1. The van der Waals surface area contributed by atoms with Crippen molar-refractivity contribution in [3.05, 3.63) is 95.6 Å². The summed E-state index contributed by atoms with van der Waals surface area (Å²) < 4.78 is 0. The largest absolute Gasteiger partial charge is 0.508 e. The van der Waals surface area contributed by atoms with Crippen LogP contribution in [0.4, 0.5) is 5.69 Å². The number of phenols is 1. The lowest BCUT2D eigenvalue weighted by Gasteiger charge is -2.30. The van der Waals surface area contributed by atoms with Gasteiger partial charge in [0.15, 0.2) is 0 Å². The van der Waals surface area contributed by atoms with E-state index in [4.69, 9.17) is 0 Å². The van der Waals surface area contributed by atoms with Crippen molar-refractivity contribution in [1.82, 2.24) is 0 Å². The van der Waals surface area contributed by atoms with Crippen LogP contribution in [-0.2, 0) is 16.6 Å². The molecule has 124 valence electrons. The monoisotopic (exact) mass is 329 g/mol. The molecule has 4 rings (SSSR count). The second-order valence-corrected chi connectivity index (χ2v) is 6.47. The Hall–Kier alpha value is -3.07. The lowest BCUT2D eigenvalue weighted by atomic mass is 9.71. The summed E-state index contributed by atoms with van der Waals surface area (Å²) in [7, 11) is 1.80. The zero-order chi connectivity index (χ0) is 17.4. The number of nitrogens with zero attached hydrogens (tertiary/aromatic N) is 1. The highest BCUT2D eigenvalue weighted by molar-refractivity contribution is 6.10. The van der Waals surface area contributed by atoms with Gasteiger partial charge in [-0.05, 0) is 29.7 Å². The molecule has 0 saturated heterocycles. The average Bonchev–Trinajstić information content (AvgIpc) is 2.86. The van der Waals surface area contributed by atoms with E-state index < -0.39 is 5.41 Å². The maximum absolute atomic E-state index is 13.5. The van der Waals surface area contributed by atoms with Crippen LogP contribution in [0.1, 0.15) is 16.7 Å². The van der Waals surface area contributed by atoms with Gasteiger partial charge in [0.2, 0.25) is 5.91 Å². The maximum atomic E-state index is 13.5. The summed E-state index contributed by atoms with van der Waals surface area (Å²) in [6.07, 6.45) is 0.506. The summed E-state index contributed by atoms with van der Waals surface area (Å²) in [6.45, 7) is 0. The molecular weight excluding hydrogens is 310 g/mol. The number of amides is 1. The third-order valence-corrected chi connectivity index (χ3v) is 5.07.